The van der Waals surface area contributed by atoms with Crippen LogP contribution in [-0.2, 0) is 6.61 Å². The molecule has 21 heavy (non-hydrogen) atoms. The molecule has 0 aliphatic heterocycles. The minimum atomic E-state index is -0.130. The van der Waals surface area contributed by atoms with Crippen molar-refractivity contribution in [1.29, 1.82) is 0 Å². The van der Waals surface area contributed by atoms with Gasteiger partial charge in [0.05, 0.1) is 12.7 Å². The molecule has 0 atom stereocenters. The maximum atomic E-state index is 12.2. The average molecular weight is 286 g/mol. The molecule has 0 radical (unpaired) electrons. The maximum absolute atomic E-state index is 12.2. The van der Waals surface area contributed by atoms with Crippen molar-refractivity contribution >= 4 is 5.91 Å². The summed E-state index contributed by atoms with van der Waals surface area (Å²) < 4.78 is 11.1. The standard InChI is InChI=1S/C16H18N2O3/c1-18(2)16(19)13-7-4-8-14(20-3)15(13)21-11-12-6-5-9-17-10-12/h4-10H,11H2,1-3H3. The molecule has 0 saturated carbocycles. The van der Waals surface area contributed by atoms with E-state index in [1.807, 2.05) is 12.1 Å². The minimum Gasteiger partial charge on any atom is -0.493 e. The Morgan fingerprint density at radius 1 is 1.24 bits per heavy atom. The van der Waals surface area contributed by atoms with Gasteiger partial charge in [0, 0.05) is 32.1 Å². The molecule has 0 saturated heterocycles. The van der Waals surface area contributed by atoms with Crippen LogP contribution in [0.4, 0.5) is 0 Å². The molecule has 1 aromatic carbocycles. The monoisotopic (exact) mass is 286 g/mol. The summed E-state index contributed by atoms with van der Waals surface area (Å²) >= 11 is 0. The summed E-state index contributed by atoms with van der Waals surface area (Å²) in [6.07, 6.45) is 3.43. The first-order valence-corrected chi connectivity index (χ1v) is 6.54. The number of amides is 1. The fraction of sp³-hybridized carbons (Fsp3) is 0.250. The van der Waals surface area contributed by atoms with E-state index in [1.165, 1.54) is 4.90 Å². The predicted molar refractivity (Wildman–Crippen MR) is 79.6 cm³/mol. The lowest BCUT2D eigenvalue weighted by atomic mass is 10.1. The van der Waals surface area contributed by atoms with Gasteiger partial charge in [0.2, 0.25) is 0 Å². The molecule has 1 amide bonds. The molecule has 2 aromatic rings. The van der Waals surface area contributed by atoms with Gasteiger partial charge in [-0.2, -0.15) is 0 Å². The van der Waals surface area contributed by atoms with Crippen LogP contribution in [-0.4, -0.2) is 37.0 Å². The Bertz CT molecular complexity index is 612. The van der Waals surface area contributed by atoms with Crippen LogP contribution in [0, 0.1) is 0 Å². The Balaban J connectivity index is 2.29. The molecule has 0 aliphatic carbocycles. The molecule has 1 aromatic heterocycles. The number of pyridine rings is 1. The first-order valence-electron chi connectivity index (χ1n) is 6.54. The Kier molecular flexibility index (Phi) is 4.77. The molecule has 0 fully saturated rings. The third kappa shape index (κ3) is 3.51. The first-order chi connectivity index (χ1) is 10.1. The number of aromatic nitrogens is 1. The van der Waals surface area contributed by atoms with Crippen LogP contribution in [0.1, 0.15) is 15.9 Å². The van der Waals surface area contributed by atoms with Gasteiger partial charge in [-0.05, 0) is 18.2 Å². The smallest absolute Gasteiger partial charge is 0.257 e. The van der Waals surface area contributed by atoms with Gasteiger partial charge >= 0.3 is 0 Å². The van der Waals surface area contributed by atoms with Crippen molar-refractivity contribution in [3.63, 3.8) is 0 Å². The van der Waals surface area contributed by atoms with E-state index in [0.29, 0.717) is 23.7 Å². The molecule has 0 bridgehead atoms. The SMILES string of the molecule is COc1cccc(C(=O)N(C)C)c1OCc1cccnc1. The summed E-state index contributed by atoms with van der Waals surface area (Å²) in [7, 11) is 4.95. The molecule has 5 heteroatoms. The summed E-state index contributed by atoms with van der Waals surface area (Å²) in [6, 6.07) is 9.02. The van der Waals surface area contributed by atoms with E-state index < -0.39 is 0 Å². The summed E-state index contributed by atoms with van der Waals surface area (Å²) in [5.41, 5.74) is 1.40. The lowest BCUT2D eigenvalue weighted by Gasteiger charge is -2.17. The summed E-state index contributed by atoms with van der Waals surface area (Å²) in [5, 5.41) is 0. The Labute approximate surface area is 124 Å². The number of nitrogens with zero attached hydrogens (tertiary/aromatic N) is 2. The third-order valence-corrected chi connectivity index (χ3v) is 2.94. The van der Waals surface area contributed by atoms with E-state index in [1.54, 1.807) is 51.8 Å². The van der Waals surface area contributed by atoms with E-state index in [4.69, 9.17) is 9.47 Å². The van der Waals surface area contributed by atoms with Gasteiger partial charge in [-0.1, -0.05) is 12.1 Å². The molecule has 0 unspecified atom stereocenters. The lowest BCUT2D eigenvalue weighted by molar-refractivity contribution is 0.0822. The Morgan fingerprint density at radius 2 is 2.05 bits per heavy atom. The number of hydrogen-bond donors (Lipinski definition) is 0. The highest BCUT2D eigenvalue weighted by atomic mass is 16.5. The molecule has 2 rings (SSSR count). The van der Waals surface area contributed by atoms with Crippen molar-refractivity contribution in [2.45, 2.75) is 6.61 Å². The highest BCUT2D eigenvalue weighted by Gasteiger charge is 2.18. The number of carbonyl (C=O) groups excluding carboxylic acids is 1. The summed E-state index contributed by atoms with van der Waals surface area (Å²) in [4.78, 5) is 17.8. The van der Waals surface area contributed by atoms with E-state index in [2.05, 4.69) is 4.98 Å². The lowest BCUT2D eigenvalue weighted by Crippen LogP contribution is -2.22. The molecular formula is C16H18N2O3. The first kappa shape index (κ1) is 14.8. The predicted octanol–water partition coefficient (Wildman–Crippen LogP) is 2.37. The van der Waals surface area contributed by atoms with Crippen LogP contribution in [0.2, 0.25) is 0 Å². The van der Waals surface area contributed by atoms with Crippen molar-refractivity contribution in [2.75, 3.05) is 21.2 Å². The number of carbonyl (C=O) groups is 1. The summed E-state index contributed by atoms with van der Waals surface area (Å²) in [5.74, 6) is 0.851. The van der Waals surface area contributed by atoms with E-state index in [9.17, 15) is 4.79 Å². The molecule has 0 N–H and O–H groups in total. The quantitative estimate of drug-likeness (QED) is 0.846. The molecule has 0 spiro atoms. The van der Waals surface area contributed by atoms with Crippen molar-refractivity contribution in [3.8, 4) is 11.5 Å². The van der Waals surface area contributed by atoms with Crippen molar-refractivity contribution < 1.29 is 14.3 Å². The van der Waals surface area contributed by atoms with Crippen LogP contribution in [0.3, 0.4) is 0 Å². The largest absolute Gasteiger partial charge is 0.493 e. The normalized spacial score (nSPS) is 10.0. The number of ether oxygens (including phenoxy) is 2. The van der Waals surface area contributed by atoms with Gasteiger partial charge < -0.3 is 14.4 Å². The van der Waals surface area contributed by atoms with Gasteiger partial charge in [0.1, 0.15) is 6.61 Å². The number of hydrogen-bond acceptors (Lipinski definition) is 4. The number of benzene rings is 1. The van der Waals surface area contributed by atoms with Crippen molar-refractivity contribution in [2.24, 2.45) is 0 Å². The van der Waals surface area contributed by atoms with Gasteiger partial charge in [-0.25, -0.2) is 0 Å². The molecule has 1 heterocycles. The second kappa shape index (κ2) is 6.74. The number of para-hydroxylation sites is 1. The molecule has 0 aliphatic rings. The minimum absolute atomic E-state index is 0.130. The maximum Gasteiger partial charge on any atom is 0.257 e. The van der Waals surface area contributed by atoms with Crippen molar-refractivity contribution in [3.05, 3.63) is 53.9 Å². The van der Waals surface area contributed by atoms with Crippen LogP contribution < -0.4 is 9.47 Å². The Morgan fingerprint density at radius 3 is 2.67 bits per heavy atom. The second-order valence-electron chi connectivity index (χ2n) is 4.69. The van der Waals surface area contributed by atoms with Crippen LogP contribution in [0.15, 0.2) is 42.7 Å². The highest BCUT2D eigenvalue weighted by Crippen LogP contribution is 2.32. The van der Waals surface area contributed by atoms with Crippen LogP contribution in [0.5, 0.6) is 11.5 Å². The van der Waals surface area contributed by atoms with Gasteiger partial charge in [-0.15, -0.1) is 0 Å². The van der Waals surface area contributed by atoms with E-state index in [0.717, 1.165) is 5.56 Å². The third-order valence-electron chi connectivity index (χ3n) is 2.94. The molecular weight excluding hydrogens is 268 g/mol. The van der Waals surface area contributed by atoms with E-state index in [-0.39, 0.29) is 5.91 Å². The zero-order valence-corrected chi connectivity index (χ0v) is 12.4. The Hall–Kier alpha value is -2.56. The van der Waals surface area contributed by atoms with Crippen LogP contribution in [0.25, 0.3) is 0 Å². The molecule has 5 nitrogen and oxygen atoms in total. The zero-order valence-electron chi connectivity index (χ0n) is 12.4. The average Bonchev–Trinajstić information content (AvgIpc) is 2.52. The zero-order chi connectivity index (χ0) is 15.2. The fourth-order valence-electron chi connectivity index (χ4n) is 1.87. The highest BCUT2D eigenvalue weighted by molar-refractivity contribution is 5.97. The van der Waals surface area contributed by atoms with Gasteiger partial charge in [-0.3, -0.25) is 9.78 Å². The van der Waals surface area contributed by atoms with Crippen molar-refractivity contribution in [1.82, 2.24) is 9.88 Å². The second-order valence-corrected chi connectivity index (χ2v) is 4.69. The van der Waals surface area contributed by atoms with Gasteiger partial charge in [0.15, 0.2) is 11.5 Å². The van der Waals surface area contributed by atoms with Gasteiger partial charge in [0.25, 0.3) is 5.91 Å². The topological polar surface area (TPSA) is 51.7 Å². The van der Waals surface area contributed by atoms with E-state index >= 15 is 0 Å². The number of rotatable bonds is 5. The molecule has 110 valence electrons. The number of methoxy groups -OCH3 is 1. The van der Waals surface area contributed by atoms with Crippen LogP contribution >= 0.6 is 0 Å². The summed E-state index contributed by atoms with van der Waals surface area (Å²) in [6.45, 7) is 0.321. The fourth-order valence-corrected chi connectivity index (χ4v) is 1.87.